The molecule has 84 valence electrons. The second kappa shape index (κ2) is 7.26. The molecule has 0 saturated heterocycles. The molecule has 0 bridgehead atoms. The first-order valence-electron chi connectivity index (χ1n) is 4.94. The molecule has 0 aliphatic rings. The van der Waals surface area contributed by atoms with Crippen molar-refractivity contribution in [3.05, 3.63) is 35.4 Å². The van der Waals surface area contributed by atoms with Gasteiger partial charge in [-0.3, -0.25) is 0 Å². The van der Waals surface area contributed by atoms with Gasteiger partial charge in [0.2, 0.25) is 0 Å². The van der Waals surface area contributed by atoms with Crippen LogP contribution in [0, 0.1) is 0 Å². The first-order chi connectivity index (χ1) is 6.92. The predicted octanol–water partition coefficient (Wildman–Crippen LogP) is -0.751. The summed E-state index contributed by atoms with van der Waals surface area (Å²) in [5, 5.41) is 0. The van der Waals surface area contributed by atoms with E-state index in [1.807, 2.05) is 12.1 Å². The van der Waals surface area contributed by atoms with Crippen molar-refractivity contribution < 1.29 is 64.4 Å². The zero-order valence-electron chi connectivity index (χ0n) is 9.93. The molecule has 1 aromatic rings. The van der Waals surface area contributed by atoms with Crippen molar-refractivity contribution >= 4 is 10.1 Å². The Hall–Kier alpha value is 0.766. The van der Waals surface area contributed by atoms with E-state index >= 15 is 0 Å². The third kappa shape index (κ3) is 5.91. The van der Waals surface area contributed by atoms with Crippen LogP contribution in [0.2, 0.25) is 0 Å². The van der Waals surface area contributed by atoms with Crippen molar-refractivity contribution in [2.24, 2.45) is 0 Å². The molecule has 5 heteroatoms. The average molecular weight is 266 g/mol. The van der Waals surface area contributed by atoms with E-state index in [9.17, 15) is 13.0 Å². The minimum Gasteiger partial charge on any atom is -0.748 e. The molecule has 0 aliphatic heterocycles. The van der Waals surface area contributed by atoms with Crippen LogP contribution in [0.3, 0.4) is 0 Å². The SMILES string of the molecule is CCC(C)c1ccc(CS(=O)(=O)[O-])cc1.[K+]. The van der Waals surface area contributed by atoms with Crippen molar-refractivity contribution in [2.75, 3.05) is 0 Å². The van der Waals surface area contributed by atoms with E-state index in [2.05, 4.69) is 13.8 Å². The molecule has 0 saturated carbocycles. The summed E-state index contributed by atoms with van der Waals surface area (Å²) in [4.78, 5) is 0. The summed E-state index contributed by atoms with van der Waals surface area (Å²) in [6.45, 7) is 4.21. The molecule has 0 spiro atoms. The van der Waals surface area contributed by atoms with Crippen LogP contribution >= 0.6 is 0 Å². The second-order valence-electron chi connectivity index (χ2n) is 3.75. The second-order valence-corrected chi connectivity index (χ2v) is 5.16. The maximum Gasteiger partial charge on any atom is 1.00 e. The Bertz CT molecular complexity index is 411. The third-order valence-electron chi connectivity index (χ3n) is 2.50. The van der Waals surface area contributed by atoms with Crippen molar-refractivity contribution in [3.63, 3.8) is 0 Å². The summed E-state index contributed by atoms with van der Waals surface area (Å²) in [6, 6.07) is 7.18. The van der Waals surface area contributed by atoms with Crippen LogP contribution in [0.5, 0.6) is 0 Å². The van der Waals surface area contributed by atoms with Gasteiger partial charge in [-0.15, -0.1) is 0 Å². The molecule has 0 radical (unpaired) electrons. The molecule has 0 aromatic heterocycles. The van der Waals surface area contributed by atoms with E-state index < -0.39 is 15.9 Å². The van der Waals surface area contributed by atoms with Crippen molar-refractivity contribution in [3.8, 4) is 0 Å². The molecule has 0 aliphatic carbocycles. The van der Waals surface area contributed by atoms with E-state index in [1.165, 1.54) is 5.56 Å². The van der Waals surface area contributed by atoms with Crippen molar-refractivity contribution in [1.29, 1.82) is 0 Å². The van der Waals surface area contributed by atoms with Crippen molar-refractivity contribution in [1.82, 2.24) is 0 Å². The van der Waals surface area contributed by atoms with Crippen LogP contribution in [0.1, 0.15) is 37.3 Å². The monoisotopic (exact) mass is 266 g/mol. The van der Waals surface area contributed by atoms with Crippen LogP contribution in [-0.2, 0) is 15.9 Å². The molecule has 16 heavy (non-hydrogen) atoms. The zero-order valence-corrected chi connectivity index (χ0v) is 13.9. The molecular formula is C11H15KO3S. The van der Waals surface area contributed by atoms with Crippen LogP contribution in [0.25, 0.3) is 0 Å². The fraction of sp³-hybridized carbons (Fsp3) is 0.455. The Morgan fingerprint density at radius 3 is 2.12 bits per heavy atom. The standard InChI is InChI=1S/C11H16O3S.K/c1-3-9(2)11-6-4-10(5-7-11)8-15(12,13)14;/h4-7,9H,3,8H2,1-2H3,(H,12,13,14);/q;+1/p-1. The van der Waals surface area contributed by atoms with Gasteiger partial charge < -0.3 is 4.55 Å². The van der Waals surface area contributed by atoms with Gasteiger partial charge in [0.1, 0.15) is 0 Å². The largest absolute Gasteiger partial charge is 1.00 e. The normalized spacial score (nSPS) is 12.9. The number of hydrogen-bond acceptors (Lipinski definition) is 3. The minimum atomic E-state index is -4.17. The van der Waals surface area contributed by atoms with Gasteiger partial charge in [-0.05, 0) is 23.5 Å². The Labute approximate surface area is 140 Å². The van der Waals surface area contributed by atoms with Crippen LogP contribution in [0.15, 0.2) is 24.3 Å². The molecule has 0 amide bonds. The molecule has 0 N–H and O–H groups in total. The zero-order chi connectivity index (χ0) is 11.5. The quantitative estimate of drug-likeness (QED) is 0.532. The Kier molecular flexibility index (Phi) is 7.60. The number of benzene rings is 1. The maximum atomic E-state index is 10.5. The summed E-state index contributed by atoms with van der Waals surface area (Å²) < 4.78 is 31.6. The van der Waals surface area contributed by atoms with E-state index in [1.54, 1.807) is 12.1 Å². The van der Waals surface area contributed by atoms with Crippen molar-refractivity contribution in [2.45, 2.75) is 31.9 Å². The van der Waals surface area contributed by atoms with Gasteiger partial charge in [-0.1, -0.05) is 38.1 Å². The first kappa shape index (κ1) is 16.8. The molecular weight excluding hydrogens is 251 g/mol. The number of hydrogen-bond donors (Lipinski definition) is 0. The van der Waals surface area contributed by atoms with E-state index in [0.29, 0.717) is 11.5 Å². The van der Waals surface area contributed by atoms with Gasteiger partial charge >= 0.3 is 51.4 Å². The number of rotatable bonds is 4. The Balaban J connectivity index is 0.00000225. The summed E-state index contributed by atoms with van der Waals surface area (Å²) in [7, 11) is -4.17. The summed E-state index contributed by atoms with van der Waals surface area (Å²) in [5.74, 6) is 0.0382. The third-order valence-corrected chi connectivity index (χ3v) is 3.19. The van der Waals surface area contributed by atoms with Gasteiger partial charge in [-0.25, -0.2) is 8.42 Å². The van der Waals surface area contributed by atoms with Crippen LogP contribution in [-0.4, -0.2) is 13.0 Å². The molecule has 1 aromatic carbocycles. The van der Waals surface area contributed by atoms with Gasteiger partial charge in [0.05, 0.1) is 15.9 Å². The summed E-state index contributed by atoms with van der Waals surface area (Å²) in [6.07, 6.45) is 1.04. The fourth-order valence-corrected chi connectivity index (χ4v) is 1.98. The van der Waals surface area contributed by atoms with Gasteiger partial charge in [-0.2, -0.15) is 0 Å². The summed E-state index contributed by atoms with van der Waals surface area (Å²) >= 11 is 0. The van der Waals surface area contributed by atoms with E-state index in [-0.39, 0.29) is 51.4 Å². The van der Waals surface area contributed by atoms with Gasteiger partial charge in [0.15, 0.2) is 0 Å². The van der Waals surface area contributed by atoms with Gasteiger partial charge in [0, 0.05) is 0 Å². The average Bonchev–Trinajstić information content (AvgIpc) is 2.15. The smallest absolute Gasteiger partial charge is 0.748 e. The summed E-state index contributed by atoms with van der Waals surface area (Å²) in [5.41, 5.74) is 1.72. The molecule has 1 atom stereocenters. The topological polar surface area (TPSA) is 57.2 Å². The van der Waals surface area contributed by atoms with Crippen LogP contribution in [0.4, 0.5) is 0 Å². The minimum absolute atomic E-state index is 0. The predicted molar refractivity (Wildman–Crippen MR) is 58.5 cm³/mol. The molecule has 0 fully saturated rings. The van der Waals surface area contributed by atoms with E-state index in [4.69, 9.17) is 0 Å². The molecule has 1 rings (SSSR count). The molecule has 1 unspecified atom stereocenters. The molecule has 3 nitrogen and oxygen atoms in total. The van der Waals surface area contributed by atoms with E-state index in [0.717, 1.165) is 6.42 Å². The maximum absolute atomic E-state index is 10.5. The first-order valence-corrected chi connectivity index (χ1v) is 6.52. The van der Waals surface area contributed by atoms with Gasteiger partial charge in [0.25, 0.3) is 0 Å². The Morgan fingerprint density at radius 2 is 1.75 bits per heavy atom. The molecule has 0 heterocycles. The Morgan fingerprint density at radius 1 is 1.25 bits per heavy atom. The van der Waals surface area contributed by atoms with Crippen LogP contribution < -0.4 is 51.4 Å². The fourth-order valence-electron chi connectivity index (χ4n) is 1.38.